The van der Waals surface area contributed by atoms with E-state index in [9.17, 15) is 0 Å². The van der Waals surface area contributed by atoms with Gasteiger partial charge in [-0.2, -0.15) is 0 Å². The highest BCUT2D eigenvalue weighted by atomic mass is 16.5. The van der Waals surface area contributed by atoms with Crippen LogP contribution in [0.25, 0.3) is 0 Å². The molecular weight excluding hydrogens is 126 g/mol. The van der Waals surface area contributed by atoms with Crippen LogP contribution < -0.4 is 5.32 Å². The van der Waals surface area contributed by atoms with Gasteiger partial charge in [-0.1, -0.05) is 12.2 Å². The van der Waals surface area contributed by atoms with Crippen molar-refractivity contribution >= 4 is 0 Å². The molecule has 0 aromatic carbocycles. The summed E-state index contributed by atoms with van der Waals surface area (Å²) in [5.74, 6) is 1.00. The molecule has 0 aromatic rings. The second-order valence-corrected chi connectivity index (χ2v) is 2.28. The maximum Gasteiger partial charge on any atom is 0.129 e. The predicted molar refractivity (Wildman–Crippen MR) is 37.8 cm³/mol. The van der Waals surface area contributed by atoms with E-state index in [4.69, 9.17) is 4.74 Å². The highest BCUT2D eigenvalue weighted by molar-refractivity contribution is 5.22. The molecule has 2 heteroatoms. The molecule has 51 valence electrons. The number of hydrogen-bond acceptors (Lipinski definition) is 1. The van der Waals surface area contributed by atoms with Gasteiger partial charge in [0, 0.05) is 12.8 Å². The van der Waals surface area contributed by atoms with Gasteiger partial charge < -0.3 is 4.74 Å². The van der Waals surface area contributed by atoms with Crippen LogP contribution in [0.1, 0.15) is 12.8 Å². The maximum atomic E-state index is 5.24. The van der Waals surface area contributed by atoms with Gasteiger partial charge in [0.15, 0.2) is 0 Å². The summed E-state index contributed by atoms with van der Waals surface area (Å²) >= 11 is 0. The Labute approximate surface area is 59.9 Å². The molecule has 1 radical (unpaired) electrons. The molecule has 0 saturated heterocycles. The van der Waals surface area contributed by atoms with Crippen LogP contribution >= 0.6 is 0 Å². The van der Waals surface area contributed by atoms with E-state index in [-0.39, 0.29) is 0 Å². The van der Waals surface area contributed by atoms with Gasteiger partial charge in [-0.15, -0.1) is 0 Å². The molecule has 1 heterocycles. The molecule has 1 aliphatic heterocycles. The molecule has 0 aromatic heterocycles. The van der Waals surface area contributed by atoms with Crippen LogP contribution in [0.2, 0.25) is 0 Å². The SMILES string of the molecule is C1=CCC2=C(C1)[N]C=CO2. The number of nitrogens with zero attached hydrogens (tertiary/aromatic N) is 1. The molecule has 2 rings (SSSR count). The van der Waals surface area contributed by atoms with Crippen LogP contribution in [0.4, 0.5) is 0 Å². The van der Waals surface area contributed by atoms with E-state index >= 15 is 0 Å². The first kappa shape index (κ1) is 5.59. The second kappa shape index (κ2) is 2.21. The molecule has 0 N–H and O–H groups in total. The van der Waals surface area contributed by atoms with E-state index in [2.05, 4.69) is 17.5 Å². The molecule has 0 saturated carbocycles. The first-order valence-electron chi connectivity index (χ1n) is 3.36. The summed E-state index contributed by atoms with van der Waals surface area (Å²) < 4.78 is 5.24. The number of hydrogen-bond donors (Lipinski definition) is 0. The van der Waals surface area contributed by atoms with Gasteiger partial charge in [0.05, 0.1) is 11.9 Å². The van der Waals surface area contributed by atoms with Crippen LogP contribution in [0.5, 0.6) is 0 Å². The Morgan fingerprint density at radius 2 is 2.20 bits per heavy atom. The highest BCUT2D eigenvalue weighted by Crippen LogP contribution is 2.21. The number of allylic oxidation sites excluding steroid dienone is 2. The predicted octanol–water partition coefficient (Wildman–Crippen LogP) is 1.65. The first-order chi connectivity index (χ1) is 4.97. The molecule has 2 nitrogen and oxygen atoms in total. The quantitative estimate of drug-likeness (QED) is 0.462. The van der Waals surface area contributed by atoms with Crippen molar-refractivity contribution < 1.29 is 4.74 Å². The lowest BCUT2D eigenvalue weighted by Gasteiger charge is -2.16. The molecule has 0 fully saturated rings. The van der Waals surface area contributed by atoms with Crippen molar-refractivity contribution in [3.63, 3.8) is 0 Å². The average Bonchev–Trinajstić information content (AvgIpc) is 2.05. The van der Waals surface area contributed by atoms with Gasteiger partial charge in [-0.05, 0) is 0 Å². The topological polar surface area (TPSA) is 23.3 Å². The number of rotatable bonds is 0. The average molecular weight is 134 g/mol. The Morgan fingerprint density at radius 3 is 3.10 bits per heavy atom. The van der Waals surface area contributed by atoms with Gasteiger partial charge in [0.2, 0.25) is 0 Å². The van der Waals surface area contributed by atoms with E-state index in [1.165, 1.54) is 0 Å². The molecule has 0 unspecified atom stereocenters. The largest absolute Gasteiger partial charge is 0.466 e. The van der Waals surface area contributed by atoms with Gasteiger partial charge in [0.25, 0.3) is 0 Å². The number of ether oxygens (including phenoxy) is 1. The van der Waals surface area contributed by atoms with Gasteiger partial charge >= 0.3 is 0 Å². The summed E-state index contributed by atoms with van der Waals surface area (Å²) in [6.45, 7) is 0. The van der Waals surface area contributed by atoms with Crippen molar-refractivity contribution in [3.05, 3.63) is 36.1 Å². The minimum atomic E-state index is 0.892. The van der Waals surface area contributed by atoms with Crippen LogP contribution in [-0.2, 0) is 4.74 Å². The molecule has 2 aliphatic rings. The third kappa shape index (κ3) is 0.817. The Balaban J connectivity index is 2.19. The molecule has 1 aliphatic carbocycles. The lowest BCUT2D eigenvalue weighted by atomic mass is 10.1. The van der Waals surface area contributed by atoms with Gasteiger partial charge in [-0.3, -0.25) is 5.32 Å². The maximum absolute atomic E-state index is 5.24. The lowest BCUT2D eigenvalue weighted by Crippen LogP contribution is -2.08. The fraction of sp³-hybridized carbons (Fsp3) is 0.250. The molecule has 0 atom stereocenters. The Morgan fingerprint density at radius 1 is 1.30 bits per heavy atom. The summed E-state index contributed by atoms with van der Waals surface area (Å²) in [5.41, 5.74) is 1.07. The minimum Gasteiger partial charge on any atom is -0.466 e. The summed E-state index contributed by atoms with van der Waals surface area (Å²) in [6, 6.07) is 0. The standard InChI is InChI=1S/C8H8NO/c1-2-4-8-7(3-1)9-5-6-10-8/h1-2,5-6H,3-4H2. The van der Waals surface area contributed by atoms with E-state index in [0.29, 0.717) is 0 Å². The van der Waals surface area contributed by atoms with Crippen LogP contribution in [0.3, 0.4) is 0 Å². The van der Waals surface area contributed by atoms with E-state index in [1.54, 1.807) is 12.5 Å². The molecule has 0 spiro atoms. The Kier molecular flexibility index (Phi) is 1.24. The van der Waals surface area contributed by atoms with E-state index in [1.807, 2.05) is 0 Å². The van der Waals surface area contributed by atoms with E-state index < -0.39 is 0 Å². The molecule has 10 heavy (non-hydrogen) atoms. The summed E-state index contributed by atoms with van der Waals surface area (Å²) in [5, 5.41) is 4.17. The van der Waals surface area contributed by atoms with Gasteiger partial charge in [0.1, 0.15) is 12.0 Å². The first-order valence-corrected chi connectivity index (χ1v) is 3.36. The van der Waals surface area contributed by atoms with Crippen molar-refractivity contribution in [2.24, 2.45) is 0 Å². The lowest BCUT2D eigenvalue weighted by molar-refractivity contribution is 0.318. The summed E-state index contributed by atoms with van der Waals surface area (Å²) in [4.78, 5) is 0. The zero-order chi connectivity index (χ0) is 6.81. The molecular formula is C8H8NO. The summed E-state index contributed by atoms with van der Waals surface area (Å²) in [6.07, 6.45) is 9.34. The molecule has 0 bridgehead atoms. The zero-order valence-corrected chi connectivity index (χ0v) is 5.58. The third-order valence-corrected chi connectivity index (χ3v) is 1.60. The van der Waals surface area contributed by atoms with Crippen molar-refractivity contribution in [2.75, 3.05) is 0 Å². The van der Waals surface area contributed by atoms with Crippen LogP contribution in [-0.4, -0.2) is 0 Å². The van der Waals surface area contributed by atoms with Crippen LogP contribution in [0.15, 0.2) is 36.1 Å². The minimum absolute atomic E-state index is 0.892. The Hall–Kier alpha value is -1.18. The normalized spacial score (nSPS) is 21.6. The van der Waals surface area contributed by atoms with Crippen molar-refractivity contribution in [2.45, 2.75) is 12.8 Å². The van der Waals surface area contributed by atoms with Gasteiger partial charge in [-0.25, -0.2) is 0 Å². The van der Waals surface area contributed by atoms with Crippen molar-refractivity contribution in [1.82, 2.24) is 5.32 Å². The van der Waals surface area contributed by atoms with Crippen molar-refractivity contribution in [1.29, 1.82) is 0 Å². The van der Waals surface area contributed by atoms with Crippen LogP contribution in [0, 0.1) is 0 Å². The fourth-order valence-electron chi connectivity index (χ4n) is 1.09. The smallest absolute Gasteiger partial charge is 0.129 e. The second-order valence-electron chi connectivity index (χ2n) is 2.28. The van der Waals surface area contributed by atoms with Crippen molar-refractivity contribution in [3.8, 4) is 0 Å². The molecule has 0 amide bonds. The fourth-order valence-corrected chi connectivity index (χ4v) is 1.09. The highest BCUT2D eigenvalue weighted by Gasteiger charge is 2.11. The van der Waals surface area contributed by atoms with E-state index in [0.717, 1.165) is 24.3 Å². The Bertz CT molecular complexity index is 181. The monoisotopic (exact) mass is 134 g/mol. The third-order valence-electron chi connectivity index (χ3n) is 1.60. The summed E-state index contributed by atoms with van der Waals surface area (Å²) in [7, 11) is 0. The zero-order valence-electron chi connectivity index (χ0n) is 5.58.